The molecule has 0 amide bonds. The molecular formula is C9H16O9. The predicted molar refractivity (Wildman–Crippen MR) is 53.0 cm³/mol. The lowest BCUT2D eigenvalue weighted by Crippen LogP contribution is -2.59. The van der Waals surface area contributed by atoms with E-state index in [4.69, 9.17) is 20.1 Å². The Bertz CT molecular complexity index is 281. The maximum absolute atomic E-state index is 11.1. The third-order valence-electron chi connectivity index (χ3n) is 2.53. The lowest BCUT2D eigenvalue weighted by molar-refractivity contribution is -0.294. The van der Waals surface area contributed by atoms with Gasteiger partial charge in [-0.05, 0) is 0 Å². The van der Waals surface area contributed by atoms with Gasteiger partial charge in [-0.15, -0.1) is 0 Å². The van der Waals surface area contributed by atoms with Gasteiger partial charge < -0.3 is 40.1 Å². The van der Waals surface area contributed by atoms with Crippen LogP contribution in [0.4, 0.5) is 0 Å². The molecule has 0 aliphatic carbocycles. The van der Waals surface area contributed by atoms with Crippen molar-refractivity contribution in [3.63, 3.8) is 0 Å². The van der Waals surface area contributed by atoms with E-state index in [9.17, 15) is 20.1 Å². The van der Waals surface area contributed by atoms with Crippen molar-refractivity contribution in [2.45, 2.75) is 36.8 Å². The number of esters is 1. The topological polar surface area (TPSA) is 157 Å². The molecule has 1 fully saturated rings. The van der Waals surface area contributed by atoms with Crippen LogP contribution in [-0.4, -0.2) is 86.6 Å². The van der Waals surface area contributed by atoms with Gasteiger partial charge in [-0.3, -0.25) is 0 Å². The summed E-state index contributed by atoms with van der Waals surface area (Å²) in [6.07, 6.45) is -9.67. The Morgan fingerprint density at radius 1 is 1.17 bits per heavy atom. The fourth-order valence-corrected chi connectivity index (χ4v) is 1.43. The van der Waals surface area contributed by atoms with Crippen molar-refractivity contribution in [3.05, 3.63) is 0 Å². The molecule has 0 saturated carbocycles. The molecule has 6 atom stereocenters. The molecule has 1 saturated heterocycles. The van der Waals surface area contributed by atoms with E-state index >= 15 is 0 Å². The number of aliphatic hydroxyl groups is 6. The summed E-state index contributed by atoms with van der Waals surface area (Å²) in [5.74, 6) is -1.26. The molecule has 0 spiro atoms. The van der Waals surface area contributed by atoms with Crippen molar-refractivity contribution in [1.82, 2.24) is 0 Å². The summed E-state index contributed by atoms with van der Waals surface area (Å²) in [5, 5.41) is 54.6. The zero-order valence-electron chi connectivity index (χ0n) is 9.29. The molecule has 0 aromatic rings. The zero-order valence-corrected chi connectivity index (χ0v) is 9.29. The molecule has 0 radical (unpaired) electrons. The fraction of sp³-hybridized carbons (Fsp3) is 0.889. The maximum atomic E-state index is 11.1. The van der Waals surface area contributed by atoms with Crippen LogP contribution in [0.1, 0.15) is 0 Å². The van der Waals surface area contributed by atoms with E-state index in [0.29, 0.717) is 0 Å². The molecule has 2 unspecified atom stereocenters. The Morgan fingerprint density at radius 2 is 1.78 bits per heavy atom. The average Bonchev–Trinajstić information content (AvgIpc) is 2.38. The molecule has 1 aliphatic heterocycles. The Labute approximate surface area is 102 Å². The molecule has 0 aromatic carbocycles. The van der Waals surface area contributed by atoms with Crippen LogP contribution in [0.25, 0.3) is 0 Å². The molecule has 0 bridgehead atoms. The molecule has 9 heteroatoms. The predicted octanol–water partition coefficient (Wildman–Crippen LogP) is -4.32. The second-order valence-corrected chi connectivity index (χ2v) is 3.83. The highest BCUT2D eigenvalue weighted by atomic mass is 16.7. The van der Waals surface area contributed by atoms with Crippen molar-refractivity contribution in [1.29, 1.82) is 0 Å². The molecular weight excluding hydrogens is 252 g/mol. The Kier molecular flexibility index (Phi) is 5.41. The molecule has 1 aliphatic rings. The minimum Gasteiger partial charge on any atom is -0.431 e. The normalized spacial score (nSPS) is 38.2. The quantitative estimate of drug-likeness (QED) is 0.277. The first-order valence-corrected chi connectivity index (χ1v) is 5.22. The van der Waals surface area contributed by atoms with Gasteiger partial charge in [-0.1, -0.05) is 0 Å². The highest BCUT2D eigenvalue weighted by molar-refractivity contribution is 5.74. The Balaban J connectivity index is 2.67. The Hall–Kier alpha value is -0.810. The summed E-state index contributed by atoms with van der Waals surface area (Å²) < 4.78 is 9.35. The minimum absolute atomic E-state index is 0.665. The number of carbonyl (C=O) groups excluding carboxylic acids is 1. The van der Waals surface area contributed by atoms with Crippen molar-refractivity contribution in [2.75, 3.05) is 13.2 Å². The summed E-state index contributed by atoms with van der Waals surface area (Å²) in [7, 11) is 0. The van der Waals surface area contributed by atoms with Crippen LogP contribution in [0, 0.1) is 0 Å². The summed E-state index contributed by atoms with van der Waals surface area (Å²) in [5.41, 5.74) is 0. The summed E-state index contributed by atoms with van der Waals surface area (Å²) in [6, 6.07) is 0. The first kappa shape index (κ1) is 15.2. The van der Waals surface area contributed by atoms with Gasteiger partial charge >= 0.3 is 5.97 Å². The molecule has 6 N–H and O–H groups in total. The highest BCUT2D eigenvalue weighted by Crippen LogP contribution is 2.22. The minimum atomic E-state index is -1.81. The monoisotopic (exact) mass is 268 g/mol. The summed E-state index contributed by atoms with van der Waals surface area (Å²) in [4.78, 5) is 11.1. The van der Waals surface area contributed by atoms with Crippen LogP contribution >= 0.6 is 0 Å². The van der Waals surface area contributed by atoms with Gasteiger partial charge in [-0.25, -0.2) is 4.79 Å². The zero-order chi connectivity index (χ0) is 13.9. The van der Waals surface area contributed by atoms with Crippen LogP contribution in [0.15, 0.2) is 0 Å². The number of ether oxygens (including phenoxy) is 2. The van der Waals surface area contributed by atoms with Crippen molar-refractivity contribution in [3.8, 4) is 0 Å². The third kappa shape index (κ3) is 3.14. The summed E-state index contributed by atoms with van der Waals surface area (Å²) in [6.45, 7) is -1.54. The molecule has 18 heavy (non-hydrogen) atoms. The van der Waals surface area contributed by atoms with Crippen molar-refractivity contribution < 1.29 is 44.9 Å². The number of aliphatic hydroxyl groups excluding tert-OH is 6. The fourth-order valence-electron chi connectivity index (χ4n) is 1.43. The smallest absolute Gasteiger partial charge is 0.339 e. The lowest BCUT2D eigenvalue weighted by atomic mass is 9.99. The first-order chi connectivity index (χ1) is 8.42. The third-order valence-corrected chi connectivity index (χ3v) is 2.53. The number of carbonyl (C=O) groups is 1. The van der Waals surface area contributed by atoms with Crippen molar-refractivity contribution >= 4 is 5.97 Å². The first-order valence-electron chi connectivity index (χ1n) is 5.22. The second-order valence-electron chi connectivity index (χ2n) is 3.83. The number of hydrogen-bond acceptors (Lipinski definition) is 9. The van der Waals surface area contributed by atoms with E-state index in [1.165, 1.54) is 0 Å². The molecule has 0 aromatic heterocycles. The van der Waals surface area contributed by atoms with E-state index in [1.54, 1.807) is 0 Å². The van der Waals surface area contributed by atoms with E-state index in [0.717, 1.165) is 0 Å². The number of rotatable bonds is 4. The molecule has 1 rings (SSSR count). The average molecular weight is 268 g/mol. The summed E-state index contributed by atoms with van der Waals surface area (Å²) >= 11 is 0. The van der Waals surface area contributed by atoms with Crippen molar-refractivity contribution in [2.24, 2.45) is 0 Å². The molecule has 9 nitrogen and oxygen atoms in total. The van der Waals surface area contributed by atoms with E-state index in [2.05, 4.69) is 4.74 Å². The van der Waals surface area contributed by atoms with Gasteiger partial charge in [0.15, 0.2) is 6.10 Å². The second kappa shape index (κ2) is 6.38. The van der Waals surface area contributed by atoms with E-state index < -0.39 is 56.0 Å². The van der Waals surface area contributed by atoms with E-state index in [1.807, 2.05) is 0 Å². The maximum Gasteiger partial charge on any atom is 0.339 e. The highest BCUT2D eigenvalue weighted by Gasteiger charge is 2.45. The van der Waals surface area contributed by atoms with Gasteiger partial charge in [0.2, 0.25) is 6.29 Å². The van der Waals surface area contributed by atoms with Gasteiger partial charge in [0, 0.05) is 0 Å². The van der Waals surface area contributed by atoms with Gasteiger partial charge in [0.25, 0.3) is 0 Å². The SMILES string of the molecule is O=C(OC1O[C@H](CO)[C@@H](O)[C@H](O)[C@@H]1O)C(O)CO. The largest absolute Gasteiger partial charge is 0.431 e. The standard InChI is InChI=1S/C9H16O9/c10-1-3(12)8(16)18-9-7(15)6(14)5(13)4(2-11)17-9/h3-7,9-15H,1-2H2/t3?,4-,5-,6+,7+,9?/m1/s1. The van der Waals surface area contributed by atoms with Gasteiger partial charge in [-0.2, -0.15) is 0 Å². The van der Waals surface area contributed by atoms with Gasteiger partial charge in [0.05, 0.1) is 13.2 Å². The van der Waals surface area contributed by atoms with E-state index in [-0.39, 0.29) is 0 Å². The molecule has 1 heterocycles. The van der Waals surface area contributed by atoms with Crippen LogP contribution in [-0.2, 0) is 14.3 Å². The van der Waals surface area contributed by atoms with Crippen LogP contribution in [0.5, 0.6) is 0 Å². The van der Waals surface area contributed by atoms with Crippen LogP contribution < -0.4 is 0 Å². The lowest BCUT2D eigenvalue weighted by Gasteiger charge is -2.39. The van der Waals surface area contributed by atoms with Crippen LogP contribution in [0.2, 0.25) is 0 Å². The molecule has 106 valence electrons. The van der Waals surface area contributed by atoms with Crippen LogP contribution in [0.3, 0.4) is 0 Å². The number of hydrogen-bond donors (Lipinski definition) is 6. The van der Waals surface area contributed by atoms with Gasteiger partial charge in [0.1, 0.15) is 24.4 Å². The Morgan fingerprint density at radius 3 is 2.28 bits per heavy atom.